The molecule has 1 aliphatic rings. The Balaban J connectivity index is 1.96. The number of carbonyl (C=O) groups is 1. The van der Waals surface area contributed by atoms with Gasteiger partial charge in [0.05, 0.1) is 5.69 Å². The lowest BCUT2D eigenvalue weighted by Gasteiger charge is -2.32. The number of carbonyl (C=O) groups excluding carboxylic acids is 1. The van der Waals surface area contributed by atoms with Gasteiger partial charge in [-0.3, -0.25) is 0 Å². The van der Waals surface area contributed by atoms with Gasteiger partial charge in [0, 0.05) is 19.1 Å². The van der Waals surface area contributed by atoms with Crippen LogP contribution in [0.3, 0.4) is 0 Å². The maximum atomic E-state index is 12.3. The molecule has 0 atom stereocenters. The zero-order valence-corrected chi connectivity index (χ0v) is 10.9. The number of piperidine rings is 1. The maximum Gasteiger partial charge on any atom is 0.387 e. The fourth-order valence-electron chi connectivity index (χ4n) is 2.25. The summed E-state index contributed by atoms with van der Waals surface area (Å²) in [5.74, 6) is 0.125. The van der Waals surface area contributed by atoms with Crippen LogP contribution < -0.4 is 15.8 Å². The van der Waals surface area contributed by atoms with Crippen LogP contribution in [-0.2, 0) is 0 Å². The van der Waals surface area contributed by atoms with Crippen LogP contribution >= 0.6 is 0 Å². The normalized spacial score (nSPS) is 16.2. The van der Waals surface area contributed by atoms with Gasteiger partial charge in [0.1, 0.15) is 5.75 Å². The molecule has 0 aliphatic carbocycles. The van der Waals surface area contributed by atoms with E-state index in [4.69, 9.17) is 5.73 Å². The van der Waals surface area contributed by atoms with Crippen molar-refractivity contribution in [2.45, 2.75) is 25.5 Å². The van der Waals surface area contributed by atoms with Gasteiger partial charge in [0.25, 0.3) is 0 Å². The van der Waals surface area contributed by atoms with Crippen molar-refractivity contribution in [1.29, 1.82) is 0 Å². The van der Waals surface area contributed by atoms with Crippen LogP contribution in [0.5, 0.6) is 5.75 Å². The van der Waals surface area contributed by atoms with Gasteiger partial charge in [-0.05, 0) is 25.0 Å². The van der Waals surface area contributed by atoms with Crippen LogP contribution in [-0.4, -0.2) is 36.7 Å². The second kappa shape index (κ2) is 6.40. The molecule has 0 unspecified atom stereocenters. The van der Waals surface area contributed by atoms with Crippen molar-refractivity contribution in [3.63, 3.8) is 0 Å². The van der Waals surface area contributed by atoms with Crippen molar-refractivity contribution in [2.75, 3.05) is 18.4 Å². The molecule has 1 fully saturated rings. The number of nitrogens with one attached hydrogen (secondary N) is 1. The van der Waals surface area contributed by atoms with Crippen LogP contribution in [0.25, 0.3) is 0 Å². The molecule has 1 heterocycles. The van der Waals surface area contributed by atoms with E-state index in [1.807, 2.05) is 0 Å². The van der Waals surface area contributed by atoms with E-state index in [2.05, 4.69) is 10.1 Å². The Bertz CT molecular complexity index is 463. The molecule has 0 bridgehead atoms. The number of benzene rings is 1. The fourth-order valence-corrected chi connectivity index (χ4v) is 2.25. The first kappa shape index (κ1) is 14.4. The molecule has 1 aromatic carbocycles. The number of urea groups is 1. The van der Waals surface area contributed by atoms with Gasteiger partial charge in [-0.1, -0.05) is 12.1 Å². The molecule has 1 aromatic rings. The highest BCUT2D eigenvalue weighted by Gasteiger charge is 2.22. The van der Waals surface area contributed by atoms with Crippen molar-refractivity contribution in [2.24, 2.45) is 5.73 Å². The van der Waals surface area contributed by atoms with Crippen molar-refractivity contribution in [1.82, 2.24) is 4.90 Å². The molecule has 5 nitrogen and oxygen atoms in total. The molecule has 2 amide bonds. The number of hydrogen-bond acceptors (Lipinski definition) is 3. The molecule has 2 rings (SSSR count). The third kappa shape index (κ3) is 3.72. The molecule has 110 valence electrons. The maximum absolute atomic E-state index is 12.3. The molecule has 1 saturated heterocycles. The Kier molecular flexibility index (Phi) is 4.60. The standard InChI is InChI=1S/C13H17F2N3O2/c14-12(15)20-11-4-2-1-3-10(11)17-9-5-7-18(8-6-9)13(16)19/h1-4,9,12,17H,5-8H2,(H2,16,19). The third-order valence-corrected chi connectivity index (χ3v) is 3.27. The number of hydrogen-bond donors (Lipinski definition) is 2. The summed E-state index contributed by atoms with van der Waals surface area (Å²) in [5, 5.41) is 3.18. The number of anilines is 1. The van der Waals surface area contributed by atoms with E-state index >= 15 is 0 Å². The summed E-state index contributed by atoms with van der Waals surface area (Å²) in [6, 6.07) is 6.25. The third-order valence-electron chi connectivity index (χ3n) is 3.27. The summed E-state index contributed by atoms with van der Waals surface area (Å²) in [6.07, 6.45) is 1.43. The lowest BCUT2D eigenvalue weighted by Crippen LogP contribution is -2.44. The quantitative estimate of drug-likeness (QED) is 0.891. The Labute approximate surface area is 115 Å². The van der Waals surface area contributed by atoms with E-state index in [-0.39, 0.29) is 11.8 Å². The van der Waals surface area contributed by atoms with E-state index in [1.165, 1.54) is 6.07 Å². The first-order valence-electron chi connectivity index (χ1n) is 6.41. The molecular weight excluding hydrogens is 268 g/mol. The fraction of sp³-hybridized carbons (Fsp3) is 0.462. The predicted octanol–water partition coefficient (Wildman–Crippen LogP) is 2.24. The van der Waals surface area contributed by atoms with Gasteiger partial charge in [-0.2, -0.15) is 8.78 Å². The van der Waals surface area contributed by atoms with Crippen molar-refractivity contribution >= 4 is 11.7 Å². The molecule has 0 saturated carbocycles. The Hall–Kier alpha value is -2.05. The van der Waals surface area contributed by atoms with E-state index in [1.54, 1.807) is 23.1 Å². The van der Waals surface area contributed by atoms with Gasteiger partial charge >= 0.3 is 12.6 Å². The highest BCUT2D eigenvalue weighted by atomic mass is 19.3. The summed E-state index contributed by atoms with van der Waals surface area (Å²) in [6.45, 7) is -1.73. The zero-order chi connectivity index (χ0) is 14.5. The zero-order valence-electron chi connectivity index (χ0n) is 10.9. The van der Waals surface area contributed by atoms with Gasteiger partial charge in [0.2, 0.25) is 0 Å². The minimum absolute atomic E-state index is 0.105. The second-order valence-electron chi connectivity index (χ2n) is 4.62. The van der Waals surface area contributed by atoms with Crippen molar-refractivity contribution < 1.29 is 18.3 Å². The molecule has 20 heavy (non-hydrogen) atoms. The summed E-state index contributed by atoms with van der Waals surface area (Å²) in [4.78, 5) is 12.6. The number of rotatable bonds is 4. The average Bonchev–Trinajstić information content (AvgIpc) is 2.41. The number of alkyl halides is 2. The van der Waals surface area contributed by atoms with Crippen LogP contribution in [0.15, 0.2) is 24.3 Å². The van der Waals surface area contributed by atoms with E-state index in [0.29, 0.717) is 31.6 Å². The number of amides is 2. The largest absolute Gasteiger partial charge is 0.433 e. The number of primary amides is 1. The SMILES string of the molecule is NC(=O)N1CCC(Nc2ccccc2OC(F)F)CC1. The van der Waals surface area contributed by atoms with E-state index in [0.717, 1.165) is 0 Å². The Morgan fingerprint density at radius 2 is 2.00 bits per heavy atom. The Morgan fingerprint density at radius 3 is 2.60 bits per heavy atom. The summed E-state index contributed by atoms with van der Waals surface area (Å²) >= 11 is 0. The number of nitrogens with zero attached hydrogens (tertiary/aromatic N) is 1. The van der Waals surface area contributed by atoms with Crippen LogP contribution in [0, 0.1) is 0 Å². The van der Waals surface area contributed by atoms with Gasteiger partial charge < -0.3 is 20.7 Å². The number of ether oxygens (including phenoxy) is 1. The summed E-state index contributed by atoms with van der Waals surface area (Å²) < 4.78 is 29.1. The molecule has 0 spiro atoms. The number of halogens is 2. The highest BCUT2D eigenvalue weighted by Crippen LogP contribution is 2.27. The monoisotopic (exact) mass is 285 g/mol. The first-order valence-corrected chi connectivity index (χ1v) is 6.41. The highest BCUT2D eigenvalue weighted by molar-refractivity contribution is 5.72. The van der Waals surface area contributed by atoms with E-state index in [9.17, 15) is 13.6 Å². The second-order valence-corrected chi connectivity index (χ2v) is 4.62. The van der Waals surface area contributed by atoms with Gasteiger partial charge in [-0.25, -0.2) is 4.79 Å². The van der Waals surface area contributed by atoms with Crippen LogP contribution in [0.1, 0.15) is 12.8 Å². The lowest BCUT2D eigenvalue weighted by atomic mass is 10.0. The average molecular weight is 285 g/mol. The minimum Gasteiger partial charge on any atom is -0.433 e. The summed E-state index contributed by atoms with van der Waals surface area (Å²) in [7, 11) is 0. The summed E-state index contributed by atoms with van der Waals surface area (Å²) in [5.41, 5.74) is 5.74. The van der Waals surface area contributed by atoms with Crippen molar-refractivity contribution in [3.05, 3.63) is 24.3 Å². The number of likely N-dealkylation sites (tertiary alicyclic amines) is 1. The molecule has 7 heteroatoms. The number of para-hydroxylation sites is 2. The van der Waals surface area contributed by atoms with Gasteiger partial charge in [-0.15, -0.1) is 0 Å². The minimum atomic E-state index is -2.85. The molecular formula is C13H17F2N3O2. The molecule has 1 aliphatic heterocycles. The van der Waals surface area contributed by atoms with Crippen LogP contribution in [0.2, 0.25) is 0 Å². The number of nitrogens with two attached hydrogens (primary N) is 1. The first-order chi connectivity index (χ1) is 9.56. The lowest BCUT2D eigenvalue weighted by molar-refractivity contribution is -0.0494. The van der Waals surface area contributed by atoms with Crippen molar-refractivity contribution in [3.8, 4) is 5.75 Å². The molecule has 3 N–H and O–H groups in total. The predicted molar refractivity (Wildman–Crippen MR) is 70.9 cm³/mol. The Morgan fingerprint density at radius 1 is 1.35 bits per heavy atom. The molecule has 0 radical (unpaired) electrons. The smallest absolute Gasteiger partial charge is 0.387 e. The molecule has 0 aromatic heterocycles. The van der Waals surface area contributed by atoms with Gasteiger partial charge in [0.15, 0.2) is 0 Å². The van der Waals surface area contributed by atoms with E-state index < -0.39 is 12.6 Å². The van der Waals surface area contributed by atoms with Crippen LogP contribution in [0.4, 0.5) is 19.3 Å². The topological polar surface area (TPSA) is 67.6 Å².